The van der Waals surface area contributed by atoms with Crippen molar-refractivity contribution in [2.24, 2.45) is 5.92 Å². The van der Waals surface area contributed by atoms with Crippen LogP contribution < -0.4 is 5.32 Å². The molecule has 0 aromatic rings. The van der Waals surface area contributed by atoms with Crippen LogP contribution in [0.3, 0.4) is 0 Å². The van der Waals surface area contributed by atoms with E-state index < -0.39 is 0 Å². The predicted molar refractivity (Wildman–Crippen MR) is 42.6 cm³/mol. The second-order valence-electron chi connectivity index (χ2n) is 2.81. The Bertz CT molecular complexity index is 46.5. The zero-order chi connectivity index (χ0) is 7.11. The summed E-state index contributed by atoms with van der Waals surface area (Å²) in [5.41, 5.74) is 0. The molecule has 56 valence electrons. The lowest BCUT2D eigenvalue weighted by atomic mass is 10.2. The van der Waals surface area contributed by atoms with E-state index in [2.05, 4.69) is 26.1 Å². The van der Waals surface area contributed by atoms with Gasteiger partial charge in [0.15, 0.2) is 0 Å². The fourth-order valence-electron chi connectivity index (χ4n) is 0.799. The van der Waals surface area contributed by atoms with Crippen LogP contribution in [0.25, 0.3) is 0 Å². The van der Waals surface area contributed by atoms with Crippen LogP contribution in [-0.2, 0) is 0 Å². The molecule has 1 aliphatic heterocycles. The molecule has 9 heavy (non-hydrogen) atoms. The van der Waals surface area contributed by atoms with Gasteiger partial charge in [-0.05, 0) is 25.4 Å². The van der Waals surface area contributed by atoms with Crippen LogP contribution in [0, 0.1) is 5.92 Å². The minimum atomic E-state index is 0.935. The van der Waals surface area contributed by atoms with Gasteiger partial charge >= 0.3 is 0 Å². The molecule has 0 spiro atoms. The summed E-state index contributed by atoms with van der Waals surface area (Å²) < 4.78 is 0. The zero-order valence-corrected chi connectivity index (χ0v) is 6.91. The molecular weight excluding hydrogens is 110 g/mol. The molecule has 0 saturated carbocycles. The molecule has 0 aliphatic carbocycles. The number of rotatable bonds is 0. The lowest BCUT2D eigenvalue weighted by Crippen LogP contribution is -2.06. The molecular formula is C8H19N. The minimum absolute atomic E-state index is 0.935. The maximum atomic E-state index is 3.27. The summed E-state index contributed by atoms with van der Waals surface area (Å²) in [4.78, 5) is 0. The van der Waals surface area contributed by atoms with Crippen LogP contribution in [0.5, 0.6) is 0 Å². The van der Waals surface area contributed by atoms with E-state index in [0.717, 1.165) is 5.92 Å². The Morgan fingerprint density at radius 1 is 1.44 bits per heavy atom. The first-order chi connectivity index (χ1) is 4.31. The van der Waals surface area contributed by atoms with Crippen LogP contribution in [0.2, 0.25) is 0 Å². The minimum Gasteiger partial charge on any atom is -0.316 e. The summed E-state index contributed by atoms with van der Waals surface area (Å²) in [5.74, 6) is 0.935. The Morgan fingerprint density at radius 2 is 2.00 bits per heavy atom. The average molecular weight is 129 g/mol. The Balaban J connectivity index is 0.000000187. The van der Waals surface area contributed by atoms with Gasteiger partial charge in [0.2, 0.25) is 0 Å². The molecule has 1 heterocycles. The first-order valence-electron chi connectivity index (χ1n) is 4.02. The molecule has 0 aromatic carbocycles. The van der Waals surface area contributed by atoms with Gasteiger partial charge < -0.3 is 5.32 Å². The van der Waals surface area contributed by atoms with Crippen molar-refractivity contribution in [3.63, 3.8) is 0 Å². The van der Waals surface area contributed by atoms with E-state index >= 15 is 0 Å². The summed E-state index contributed by atoms with van der Waals surface area (Å²) in [6.45, 7) is 9.00. The number of nitrogens with one attached hydrogen (secondary N) is 1. The topological polar surface area (TPSA) is 12.0 Å². The molecule has 1 rings (SSSR count). The van der Waals surface area contributed by atoms with Crippen molar-refractivity contribution in [1.29, 1.82) is 0 Å². The lowest BCUT2D eigenvalue weighted by molar-refractivity contribution is 0.651. The van der Waals surface area contributed by atoms with Gasteiger partial charge in [-0.3, -0.25) is 0 Å². The summed E-state index contributed by atoms with van der Waals surface area (Å²) in [6.07, 6.45) is 2.62. The molecule has 1 fully saturated rings. The van der Waals surface area contributed by atoms with Crippen molar-refractivity contribution in [2.45, 2.75) is 33.6 Å². The highest BCUT2D eigenvalue weighted by Gasteiger charge is 2.06. The van der Waals surface area contributed by atoms with E-state index in [4.69, 9.17) is 0 Å². The van der Waals surface area contributed by atoms with Crippen molar-refractivity contribution >= 4 is 0 Å². The fraction of sp³-hybridized carbons (Fsp3) is 1.00. The summed E-state index contributed by atoms with van der Waals surface area (Å²) in [7, 11) is 0. The quantitative estimate of drug-likeness (QED) is 0.527. The van der Waals surface area contributed by atoms with Gasteiger partial charge in [-0.25, -0.2) is 0 Å². The maximum absolute atomic E-state index is 3.27. The van der Waals surface area contributed by atoms with Crippen molar-refractivity contribution in [2.75, 3.05) is 13.1 Å². The molecule has 0 unspecified atom stereocenters. The Kier molecular flexibility index (Phi) is 6.06. The standard InChI is InChI=1S/C5H11N.C3H8/c1-5-2-3-6-4-5;1-3-2/h5-6H,2-4H2,1H3;3H2,1-2H3/t5-;/m1./s1. The first-order valence-corrected chi connectivity index (χ1v) is 4.02. The molecule has 1 heteroatoms. The van der Waals surface area contributed by atoms with Gasteiger partial charge in [0, 0.05) is 0 Å². The second-order valence-corrected chi connectivity index (χ2v) is 2.81. The maximum Gasteiger partial charge on any atom is -0.00227 e. The molecule has 0 radical (unpaired) electrons. The van der Waals surface area contributed by atoms with Crippen molar-refractivity contribution < 1.29 is 0 Å². The third-order valence-electron chi connectivity index (χ3n) is 1.31. The summed E-state index contributed by atoms with van der Waals surface area (Å²) >= 11 is 0. The Labute approximate surface area is 58.8 Å². The van der Waals surface area contributed by atoms with E-state index in [1.165, 1.54) is 25.9 Å². The van der Waals surface area contributed by atoms with Gasteiger partial charge in [-0.15, -0.1) is 0 Å². The van der Waals surface area contributed by atoms with E-state index in [-0.39, 0.29) is 0 Å². The van der Waals surface area contributed by atoms with Crippen LogP contribution in [0.1, 0.15) is 33.6 Å². The second kappa shape index (κ2) is 6.09. The van der Waals surface area contributed by atoms with Gasteiger partial charge in [0.05, 0.1) is 0 Å². The van der Waals surface area contributed by atoms with Gasteiger partial charge in [-0.1, -0.05) is 27.2 Å². The molecule has 0 aromatic heterocycles. The normalized spacial score (nSPS) is 25.0. The fourth-order valence-corrected chi connectivity index (χ4v) is 0.799. The molecule has 0 amide bonds. The van der Waals surface area contributed by atoms with Crippen LogP contribution in [0.4, 0.5) is 0 Å². The summed E-state index contributed by atoms with van der Waals surface area (Å²) in [5, 5.41) is 3.27. The third-order valence-corrected chi connectivity index (χ3v) is 1.31. The van der Waals surface area contributed by atoms with Crippen molar-refractivity contribution in [3.8, 4) is 0 Å². The highest BCUT2D eigenvalue weighted by Crippen LogP contribution is 2.03. The molecule has 0 bridgehead atoms. The first kappa shape index (κ1) is 8.96. The molecule has 1 N–H and O–H groups in total. The largest absolute Gasteiger partial charge is 0.316 e. The highest BCUT2D eigenvalue weighted by molar-refractivity contribution is 4.65. The number of hydrogen-bond donors (Lipinski definition) is 1. The smallest absolute Gasteiger partial charge is 0.00227 e. The summed E-state index contributed by atoms with van der Waals surface area (Å²) in [6, 6.07) is 0. The molecule has 1 atom stereocenters. The van der Waals surface area contributed by atoms with Gasteiger partial charge in [0.25, 0.3) is 0 Å². The van der Waals surface area contributed by atoms with Crippen LogP contribution >= 0.6 is 0 Å². The highest BCUT2D eigenvalue weighted by atomic mass is 14.9. The SMILES string of the molecule is CCC.C[C@@H]1CCNC1. The lowest BCUT2D eigenvalue weighted by Gasteiger charge is -1.90. The average Bonchev–Trinajstić information content (AvgIpc) is 2.20. The Hall–Kier alpha value is -0.0400. The van der Waals surface area contributed by atoms with E-state index in [0.29, 0.717) is 0 Å². The predicted octanol–water partition coefficient (Wildman–Crippen LogP) is 2.03. The third kappa shape index (κ3) is 5.84. The monoisotopic (exact) mass is 129 g/mol. The van der Waals surface area contributed by atoms with Gasteiger partial charge in [0.1, 0.15) is 0 Å². The van der Waals surface area contributed by atoms with E-state index in [1.54, 1.807) is 0 Å². The van der Waals surface area contributed by atoms with Crippen LogP contribution in [-0.4, -0.2) is 13.1 Å². The van der Waals surface area contributed by atoms with Crippen molar-refractivity contribution in [1.82, 2.24) is 5.32 Å². The van der Waals surface area contributed by atoms with Crippen LogP contribution in [0.15, 0.2) is 0 Å². The van der Waals surface area contributed by atoms with Gasteiger partial charge in [-0.2, -0.15) is 0 Å². The number of hydrogen-bond acceptors (Lipinski definition) is 1. The van der Waals surface area contributed by atoms with Crippen molar-refractivity contribution in [3.05, 3.63) is 0 Å². The zero-order valence-electron chi connectivity index (χ0n) is 6.91. The van der Waals surface area contributed by atoms with E-state index in [1.807, 2.05) is 0 Å². The molecule has 1 nitrogen and oxygen atoms in total. The van der Waals surface area contributed by atoms with E-state index in [9.17, 15) is 0 Å². The Morgan fingerprint density at radius 3 is 2.11 bits per heavy atom. The molecule has 1 aliphatic rings. The molecule has 1 saturated heterocycles.